The number of benzene rings is 1. The van der Waals surface area contributed by atoms with Crippen LogP contribution in [-0.4, -0.2) is 18.6 Å². The molecule has 1 aromatic rings. The van der Waals surface area contributed by atoms with Gasteiger partial charge in [0.2, 0.25) is 0 Å². The predicted octanol–water partition coefficient (Wildman–Crippen LogP) is 3.64. The van der Waals surface area contributed by atoms with E-state index in [1.807, 2.05) is 0 Å². The van der Waals surface area contributed by atoms with Crippen molar-refractivity contribution in [2.45, 2.75) is 58.5 Å². The minimum Gasteiger partial charge on any atom is -0.383 e. The van der Waals surface area contributed by atoms with Crippen LogP contribution in [0, 0.1) is 13.8 Å². The second-order valence-electron chi connectivity index (χ2n) is 5.73. The highest BCUT2D eigenvalue weighted by atomic mass is 15.0. The maximum absolute atomic E-state index is 3.62. The highest BCUT2D eigenvalue weighted by Gasteiger charge is 2.15. The van der Waals surface area contributed by atoms with Gasteiger partial charge in [0.1, 0.15) is 0 Å². The maximum Gasteiger partial charge on any atom is 0.0345 e. The molecule has 2 nitrogen and oxygen atoms in total. The summed E-state index contributed by atoms with van der Waals surface area (Å²) in [5.74, 6) is 0. The van der Waals surface area contributed by atoms with Gasteiger partial charge in [-0.3, -0.25) is 0 Å². The van der Waals surface area contributed by atoms with Gasteiger partial charge in [0.05, 0.1) is 0 Å². The van der Waals surface area contributed by atoms with Gasteiger partial charge < -0.3 is 10.6 Å². The normalized spacial score (nSPS) is 21.6. The van der Waals surface area contributed by atoms with E-state index in [0.717, 1.165) is 0 Å². The second kappa shape index (κ2) is 6.24. The first-order valence-corrected chi connectivity index (χ1v) is 7.22. The van der Waals surface area contributed by atoms with Crippen LogP contribution in [0.15, 0.2) is 18.2 Å². The summed E-state index contributed by atoms with van der Waals surface area (Å²) in [7, 11) is 0. The zero-order chi connectivity index (χ0) is 13.0. The molecule has 2 N–H and O–H groups in total. The Kier molecular flexibility index (Phi) is 4.65. The van der Waals surface area contributed by atoms with Gasteiger partial charge in [-0.25, -0.2) is 0 Å². The van der Waals surface area contributed by atoms with E-state index < -0.39 is 0 Å². The average molecular weight is 246 g/mol. The third kappa shape index (κ3) is 3.74. The molecule has 1 aromatic carbocycles. The van der Waals surface area contributed by atoms with Crippen LogP contribution < -0.4 is 10.6 Å². The highest BCUT2D eigenvalue weighted by molar-refractivity contribution is 5.48. The molecule has 0 spiro atoms. The molecule has 0 bridgehead atoms. The average Bonchev–Trinajstić information content (AvgIpc) is 2.35. The Morgan fingerprint density at radius 1 is 1.28 bits per heavy atom. The Balaban J connectivity index is 1.85. The molecule has 2 rings (SSSR count). The lowest BCUT2D eigenvalue weighted by molar-refractivity contribution is 0.371. The maximum atomic E-state index is 3.62. The molecule has 0 aliphatic carbocycles. The highest BCUT2D eigenvalue weighted by Crippen LogP contribution is 2.18. The first-order valence-electron chi connectivity index (χ1n) is 7.22. The Morgan fingerprint density at radius 2 is 2.11 bits per heavy atom. The number of piperidine rings is 1. The molecule has 2 atom stereocenters. The van der Waals surface area contributed by atoms with Crippen LogP contribution in [0.2, 0.25) is 0 Å². The van der Waals surface area contributed by atoms with Crippen molar-refractivity contribution in [3.63, 3.8) is 0 Å². The summed E-state index contributed by atoms with van der Waals surface area (Å²) in [5, 5.41) is 7.23. The molecule has 1 fully saturated rings. The summed E-state index contributed by atoms with van der Waals surface area (Å²) in [6.07, 6.45) is 5.27. The van der Waals surface area contributed by atoms with Gasteiger partial charge in [0.25, 0.3) is 0 Å². The lowest BCUT2D eigenvalue weighted by atomic mass is 9.98. The summed E-state index contributed by atoms with van der Waals surface area (Å²) >= 11 is 0. The van der Waals surface area contributed by atoms with Crippen molar-refractivity contribution in [3.8, 4) is 0 Å². The van der Waals surface area contributed by atoms with Gasteiger partial charge in [-0.2, -0.15) is 0 Å². The fourth-order valence-corrected chi connectivity index (χ4v) is 2.73. The topological polar surface area (TPSA) is 24.1 Å². The molecule has 100 valence electrons. The first-order chi connectivity index (χ1) is 8.65. The van der Waals surface area contributed by atoms with E-state index in [0.29, 0.717) is 12.1 Å². The monoisotopic (exact) mass is 246 g/mol. The molecule has 2 heteroatoms. The lowest BCUT2D eigenvalue weighted by Gasteiger charge is -2.27. The molecule has 1 heterocycles. The number of nitrogens with one attached hydrogen (secondary N) is 2. The molecular formula is C16H26N2. The number of rotatable bonds is 4. The van der Waals surface area contributed by atoms with E-state index in [1.165, 1.54) is 49.0 Å². The minimum absolute atomic E-state index is 0.530. The number of hydrogen-bond donors (Lipinski definition) is 2. The largest absolute Gasteiger partial charge is 0.383 e. The van der Waals surface area contributed by atoms with Crippen LogP contribution in [0.1, 0.15) is 43.7 Å². The minimum atomic E-state index is 0.530. The summed E-state index contributed by atoms with van der Waals surface area (Å²) in [6, 6.07) is 7.87. The third-order valence-electron chi connectivity index (χ3n) is 3.97. The number of anilines is 1. The van der Waals surface area contributed by atoms with Crippen molar-refractivity contribution in [1.82, 2.24) is 5.32 Å². The number of hydrogen-bond acceptors (Lipinski definition) is 2. The van der Waals surface area contributed by atoms with E-state index in [1.54, 1.807) is 0 Å². The van der Waals surface area contributed by atoms with E-state index >= 15 is 0 Å². The fraction of sp³-hybridized carbons (Fsp3) is 0.625. The van der Waals surface area contributed by atoms with Gasteiger partial charge in [-0.15, -0.1) is 0 Å². The Morgan fingerprint density at radius 3 is 2.78 bits per heavy atom. The molecule has 0 amide bonds. The van der Waals surface area contributed by atoms with Crippen molar-refractivity contribution >= 4 is 5.69 Å². The molecule has 0 radical (unpaired) electrons. The van der Waals surface area contributed by atoms with Gasteiger partial charge in [0.15, 0.2) is 0 Å². The summed E-state index contributed by atoms with van der Waals surface area (Å²) in [4.78, 5) is 0. The van der Waals surface area contributed by atoms with Crippen molar-refractivity contribution in [3.05, 3.63) is 29.3 Å². The summed E-state index contributed by atoms with van der Waals surface area (Å²) in [6.45, 7) is 7.81. The lowest BCUT2D eigenvalue weighted by Crippen LogP contribution is -2.37. The van der Waals surface area contributed by atoms with Crippen LogP contribution >= 0.6 is 0 Å². The standard InChI is InChI=1S/C16H26N2/c1-12-7-8-16(10-13(12)2)18-14(3)11-15-6-4-5-9-17-15/h7-8,10,14-15,17-18H,4-6,9,11H2,1-3H3. The molecule has 0 aromatic heterocycles. The van der Waals surface area contributed by atoms with Crippen molar-refractivity contribution in [2.24, 2.45) is 0 Å². The Bertz CT molecular complexity index is 381. The zero-order valence-corrected chi connectivity index (χ0v) is 11.9. The summed E-state index contributed by atoms with van der Waals surface area (Å²) < 4.78 is 0. The Labute approximate surface area is 111 Å². The molecule has 18 heavy (non-hydrogen) atoms. The van der Waals surface area contributed by atoms with Gasteiger partial charge >= 0.3 is 0 Å². The quantitative estimate of drug-likeness (QED) is 0.847. The molecule has 1 aliphatic rings. The van der Waals surface area contributed by atoms with Crippen LogP contribution in [0.25, 0.3) is 0 Å². The SMILES string of the molecule is Cc1ccc(NC(C)CC2CCCCN2)cc1C. The van der Waals surface area contributed by atoms with Crippen molar-refractivity contribution in [2.75, 3.05) is 11.9 Å². The van der Waals surface area contributed by atoms with Gasteiger partial charge in [0, 0.05) is 17.8 Å². The van der Waals surface area contributed by atoms with Gasteiger partial charge in [-0.1, -0.05) is 12.5 Å². The van der Waals surface area contributed by atoms with Gasteiger partial charge in [-0.05, 0) is 69.8 Å². The molecule has 2 unspecified atom stereocenters. The van der Waals surface area contributed by atoms with E-state index in [9.17, 15) is 0 Å². The molecule has 1 aliphatic heterocycles. The van der Waals surface area contributed by atoms with Crippen LogP contribution in [-0.2, 0) is 0 Å². The smallest absolute Gasteiger partial charge is 0.0345 e. The van der Waals surface area contributed by atoms with Crippen LogP contribution in [0.5, 0.6) is 0 Å². The van der Waals surface area contributed by atoms with E-state index in [2.05, 4.69) is 49.6 Å². The van der Waals surface area contributed by atoms with E-state index in [4.69, 9.17) is 0 Å². The number of aryl methyl sites for hydroxylation is 2. The Hall–Kier alpha value is -1.02. The molecule has 1 saturated heterocycles. The predicted molar refractivity (Wildman–Crippen MR) is 79.3 cm³/mol. The van der Waals surface area contributed by atoms with Crippen molar-refractivity contribution < 1.29 is 0 Å². The fourth-order valence-electron chi connectivity index (χ4n) is 2.73. The van der Waals surface area contributed by atoms with Crippen LogP contribution in [0.3, 0.4) is 0 Å². The second-order valence-corrected chi connectivity index (χ2v) is 5.73. The van der Waals surface area contributed by atoms with Crippen molar-refractivity contribution in [1.29, 1.82) is 0 Å². The first kappa shape index (κ1) is 13.4. The molecular weight excluding hydrogens is 220 g/mol. The third-order valence-corrected chi connectivity index (χ3v) is 3.97. The van der Waals surface area contributed by atoms with Crippen LogP contribution in [0.4, 0.5) is 5.69 Å². The summed E-state index contributed by atoms with van der Waals surface area (Å²) in [5.41, 5.74) is 3.98. The zero-order valence-electron chi connectivity index (χ0n) is 11.9. The molecule has 0 saturated carbocycles. The van der Waals surface area contributed by atoms with E-state index in [-0.39, 0.29) is 0 Å².